The Morgan fingerprint density at radius 2 is 2.05 bits per heavy atom. The van der Waals surface area contributed by atoms with E-state index in [1.54, 1.807) is 18.3 Å². The highest BCUT2D eigenvalue weighted by atomic mass is 19.4. The molecule has 0 aliphatic carbocycles. The summed E-state index contributed by atoms with van der Waals surface area (Å²) >= 11 is 0. The maximum absolute atomic E-state index is 12.2. The van der Waals surface area contributed by atoms with Gasteiger partial charge in [0.15, 0.2) is 0 Å². The van der Waals surface area contributed by atoms with Crippen LogP contribution < -0.4 is 15.4 Å². The zero-order chi connectivity index (χ0) is 15.3. The second-order valence-electron chi connectivity index (χ2n) is 4.00. The van der Waals surface area contributed by atoms with Crippen molar-refractivity contribution in [1.82, 2.24) is 9.97 Å². The molecule has 0 fully saturated rings. The van der Waals surface area contributed by atoms with Gasteiger partial charge < -0.3 is 15.4 Å². The lowest BCUT2D eigenvalue weighted by molar-refractivity contribution is -0.274. The van der Waals surface area contributed by atoms with Gasteiger partial charge in [0.1, 0.15) is 11.6 Å². The molecule has 0 saturated heterocycles. The van der Waals surface area contributed by atoms with Crippen LogP contribution in [-0.4, -0.2) is 22.9 Å². The summed E-state index contributed by atoms with van der Waals surface area (Å²) in [6, 6.07) is 7.14. The van der Waals surface area contributed by atoms with Crippen LogP contribution in [0.3, 0.4) is 0 Å². The second-order valence-corrected chi connectivity index (χ2v) is 4.00. The van der Waals surface area contributed by atoms with Gasteiger partial charge in [0.25, 0.3) is 0 Å². The number of rotatable bonds is 5. The van der Waals surface area contributed by atoms with Crippen LogP contribution in [-0.2, 0) is 0 Å². The summed E-state index contributed by atoms with van der Waals surface area (Å²) < 4.78 is 40.4. The van der Waals surface area contributed by atoms with E-state index < -0.39 is 6.36 Å². The smallest absolute Gasteiger partial charge is 0.406 e. The Balaban J connectivity index is 2.12. The Morgan fingerprint density at radius 1 is 1.24 bits per heavy atom. The molecule has 2 aromatic rings. The maximum atomic E-state index is 12.2. The first-order valence-electron chi connectivity index (χ1n) is 6.16. The predicted octanol–water partition coefficient (Wildman–Crippen LogP) is 3.55. The van der Waals surface area contributed by atoms with Gasteiger partial charge in [-0.1, -0.05) is 6.07 Å². The number of halogens is 3. The van der Waals surface area contributed by atoms with E-state index in [1.807, 2.05) is 6.92 Å². The molecule has 0 aliphatic rings. The van der Waals surface area contributed by atoms with Crippen LogP contribution in [0.15, 0.2) is 36.5 Å². The minimum atomic E-state index is -4.72. The Hall–Kier alpha value is -2.51. The van der Waals surface area contributed by atoms with Gasteiger partial charge in [-0.2, -0.15) is 4.98 Å². The molecular formula is C13H13F3N4O. The Morgan fingerprint density at radius 3 is 2.76 bits per heavy atom. The van der Waals surface area contributed by atoms with E-state index in [0.717, 1.165) is 0 Å². The SMILES string of the molecule is CCNc1nccc(Nc2cccc(OC(F)(F)F)c2)n1. The first-order valence-corrected chi connectivity index (χ1v) is 6.16. The standard InChI is InChI=1S/C13H13F3N4O/c1-2-17-12-18-7-6-11(20-12)19-9-4-3-5-10(8-9)21-13(14,15)16/h3-8H,2H2,1H3,(H2,17,18,19,20). The number of benzene rings is 1. The maximum Gasteiger partial charge on any atom is 0.573 e. The highest BCUT2D eigenvalue weighted by molar-refractivity contribution is 5.58. The minimum Gasteiger partial charge on any atom is -0.406 e. The number of nitrogens with one attached hydrogen (secondary N) is 2. The van der Waals surface area contributed by atoms with Gasteiger partial charge in [-0.3, -0.25) is 0 Å². The number of ether oxygens (including phenoxy) is 1. The first kappa shape index (κ1) is 14.9. The minimum absolute atomic E-state index is 0.298. The third kappa shape index (κ3) is 4.83. The quantitative estimate of drug-likeness (QED) is 0.884. The van der Waals surface area contributed by atoms with Crippen molar-refractivity contribution in [1.29, 1.82) is 0 Å². The number of alkyl halides is 3. The largest absolute Gasteiger partial charge is 0.573 e. The highest BCUT2D eigenvalue weighted by Gasteiger charge is 2.31. The summed E-state index contributed by atoms with van der Waals surface area (Å²) in [5, 5.41) is 5.83. The number of hydrogen-bond donors (Lipinski definition) is 2. The van der Waals surface area contributed by atoms with Crippen LogP contribution in [0.4, 0.5) is 30.6 Å². The van der Waals surface area contributed by atoms with Crippen molar-refractivity contribution < 1.29 is 17.9 Å². The summed E-state index contributed by atoms with van der Waals surface area (Å²) in [5.74, 6) is 0.601. The lowest BCUT2D eigenvalue weighted by Crippen LogP contribution is -2.17. The Bertz CT molecular complexity index is 604. The van der Waals surface area contributed by atoms with Gasteiger partial charge in [-0.15, -0.1) is 13.2 Å². The summed E-state index contributed by atoms with van der Waals surface area (Å²) in [5.41, 5.74) is 0.429. The second kappa shape index (κ2) is 6.29. The fraction of sp³-hybridized carbons (Fsp3) is 0.231. The van der Waals surface area contributed by atoms with E-state index in [-0.39, 0.29) is 5.75 Å². The lowest BCUT2D eigenvalue weighted by atomic mass is 10.3. The summed E-state index contributed by atoms with van der Waals surface area (Å²) in [4.78, 5) is 8.17. The molecule has 0 radical (unpaired) electrons. The third-order valence-electron chi connectivity index (χ3n) is 2.33. The van der Waals surface area contributed by atoms with E-state index in [9.17, 15) is 13.2 Å². The number of anilines is 3. The molecule has 8 heteroatoms. The highest BCUT2D eigenvalue weighted by Crippen LogP contribution is 2.26. The molecule has 0 spiro atoms. The van der Waals surface area contributed by atoms with Crippen molar-refractivity contribution in [2.45, 2.75) is 13.3 Å². The topological polar surface area (TPSA) is 59.1 Å². The molecule has 112 valence electrons. The van der Waals surface area contributed by atoms with Crippen molar-refractivity contribution >= 4 is 17.5 Å². The molecule has 2 rings (SSSR count). The molecule has 1 aromatic heterocycles. The molecule has 1 heterocycles. The zero-order valence-corrected chi connectivity index (χ0v) is 11.1. The van der Waals surface area contributed by atoms with Crippen molar-refractivity contribution in [3.05, 3.63) is 36.5 Å². The molecule has 2 N–H and O–H groups in total. The van der Waals surface area contributed by atoms with Crippen molar-refractivity contribution in [2.75, 3.05) is 17.2 Å². The van der Waals surface area contributed by atoms with E-state index in [2.05, 4.69) is 25.3 Å². The molecule has 1 aromatic carbocycles. The Labute approximate surface area is 119 Å². The van der Waals surface area contributed by atoms with Crippen LogP contribution >= 0.6 is 0 Å². The third-order valence-corrected chi connectivity index (χ3v) is 2.33. The lowest BCUT2D eigenvalue weighted by Gasteiger charge is -2.11. The van der Waals surface area contributed by atoms with E-state index in [4.69, 9.17) is 0 Å². The molecule has 5 nitrogen and oxygen atoms in total. The summed E-state index contributed by atoms with van der Waals surface area (Å²) in [6.07, 6.45) is -3.17. The van der Waals surface area contributed by atoms with Gasteiger partial charge >= 0.3 is 6.36 Å². The molecule has 0 atom stereocenters. The van der Waals surface area contributed by atoms with Crippen molar-refractivity contribution in [3.63, 3.8) is 0 Å². The summed E-state index contributed by atoms with van der Waals surface area (Å²) in [6.45, 7) is 2.57. The van der Waals surface area contributed by atoms with E-state index in [1.165, 1.54) is 18.2 Å². The van der Waals surface area contributed by atoms with E-state index in [0.29, 0.717) is 24.0 Å². The molecule has 0 unspecified atom stereocenters. The summed E-state index contributed by atoms with van der Waals surface area (Å²) in [7, 11) is 0. The van der Waals surface area contributed by atoms with E-state index >= 15 is 0 Å². The molecule has 0 saturated carbocycles. The van der Waals surface area contributed by atoms with Gasteiger partial charge in [-0.25, -0.2) is 4.98 Å². The van der Waals surface area contributed by atoms with Gasteiger partial charge in [0.2, 0.25) is 5.95 Å². The molecule has 0 amide bonds. The van der Waals surface area contributed by atoms with Gasteiger partial charge in [0.05, 0.1) is 0 Å². The first-order chi connectivity index (χ1) is 9.96. The van der Waals surface area contributed by atoms with Crippen LogP contribution in [0.1, 0.15) is 6.92 Å². The van der Waals surface area contributed by atoms with Crippen LogP contribution in [0.25, 0.3) is 0 Å². The normalized spacial score (nSPS) is 11.0. The van der Waals surface area contributed by atoms with Crippen LogP contribution in [0.5, 0.6) is 5.75 Å². The fourth-order valence-electron chi connectivity index (χ4n) is 1.59. The van der Waals surface area contributed by atoms with Crippen molar-refractivity contribution in [2.24, 2.45) is 0 Å². The Kier molecular flexibility index (Phi) is 4.46. The average molecular weight is 298 g/mol. The van der Waals surface area contributed by atoms with Gasteiger partial charge in [-0.05, 0) is 25.1 Å². The average Bonchev–Trinajstić information content (AvgIpc) is 2.38. The zero-order valence-electron chi connectivity index (χ0n) is 11.1. The van der Waals surface area contributed by atoms with Crippen molar-refractivity contribution in [3.8, 4) is 5.75 Å². The molecular weight excluding hydrogens is 285 g/mol. The van der Waals surface area contributed by atoms with Gasteiger partial charge in [0, 0.05) is 24.5 Å². The molecule has 0 bridgehead atoms. The van der Waals surface area contributed by atoms with Crippen LogP contribution in [0, 0.1) is 0 Å². The number of nitrogens with zero attached hydrogens (tertiary/aromatic N) is 2. The van der Waals surface area contributed by atoms with Crippen LogP contribution in [0.2, 0.25) is 0 Å². The predicted molar refractivity (Wildman–Crippen MR) is 72.6 cm³/mol. The number of aromatic nitrogens is 2. The monoisotopic (exact) mass is 298 g/mol. The fourth-order valence-corrected chi connectivity index (χ4v) is 1.59. The number of hydrogen-bond acceptors (Lipinski definition) is 5. The molecule has 21 heavy (non-hydrogen) atoms. The molecule has 0 aliphatic heterocycles.